The number of hydrogen-bond donors (Lipinski definition) is 2. The van der Waals surface area contributed by atoms with Gasteiger partial charge in [0.15, 0.2) is 7.26 Å². The van der Waals surface area contributed by atoms with Gasteiger partial charge in [-0.2, -0.15) is 0 Å². The van der Waals surface area contributed by atoms with Crippen LogP contribution in [0.5, 0.6) is 0 Å². The molecule has 0 bridgehead atoms. The van der Waals surface area contributed by atoms with Crippen molar-refractivity contribution in [2.75, 3.05) is 0 Å². The van der Waals surface area contributed by atoms with Crippen LogP contribution in [0.15, 0.2) is 125 Å². The molecule has 5 aromatic rings. The van der Waals surface area contributed by atoms with Gasteiger partial charge in [0.25, 0.3) is 5.56 Å². The molecule has 0 aliphatic heterocycles. The van der Waals surface area contributed by atoms with Gasteiger partial charge < -0.3 is 4.98 Å². The van der Waals surface area contributed by atoms with Crippen LogP contribution >= 0.6 is 32.3 Å². The third-order valence-electron chi connectivity index (χ3n) is 5.97. The van der Waals surface area contributed by atoms with Gasteiger partial charge in [0.1, 0.15) is 26.8 Å². The van der Waals surface area contributed by atoms with E-state index in [0.717, 1.165) is 27.0 Å². The Bertz CT molecular complexity index is 1380. The van der Waals surface area contributed by atoms with E-state index in [0.29, 0.717) is 16.2 Å². The molecular weight excluding hydrogens is 491 g/mol. The Balaban J connectivity index is 0.00000289. The second-order valence-electron chi connectivity index (χ2n) is 8.13. The lowest BCUT2D eigenvalue weighted by molar-refractivity contribution is 1.06. The molecule has 0 aliphatic carbocycles. The number of H-pyrrole nitrogens is 1. The number of nitrogens with zero attached hydrogens (tertiary/aromatic N) is 1. The van der Waals surface area contributed by atoms with E-state index in [-0.39, 0.29) is 18.0 Å². The van der Waals surface area contributed by atoms with E-state index in [9.17, 15) is 4.79 Å². The average Bonchev–Trinajstić information content (AvgIpc) is 2.88. The molecule has 0 aliphatic rings. The lowest BCUT2D eigenvalue weighted by Gasteiger charge is -2.27. The highest BCUT2D eigenvalue weighted by atomic mass is 35.5. The Morgan fingerprint density at radius 3 is 1.51 bits per heavy atom. The normalized spacial score (nSPS) is 11.0. The number of hydrogen-bond acceptors (Lipinski definition) is 3. The first-order valence-electron chi connectivity index (χ1n) is 11.1. The molecule has 1 N–H and O–H groups in total. The fraction of sp³-hybridized carbons (Fsp3) is 0.0345. The number of halogens is 1. The van der Waals surface area contributed by atoms with Gasteiger partial charge in [-0.25, -0.2) is 4.98 Å². The molecule has 0 amide bonds. The maximum absolute atomic E-state index is 14.0. The quantitative estimate of drug-likeness (QED) is 0.195. The predicted octanol–water partition coefficient (Wildman–Crippen LogP) is 5.08. The Morgan fingerprint density at radius 2 is 1.11 bits per heavy atom. The standard InChI is InChI=1S/C29H23N2OPS.ClH/c1-21-17-19-22(20-18-21)27-30-28(32)26(29(34)31-27)33(23-11-5-2-6-12-23,24-13-7-3-8-14-24)25-15-9-4-10-16-25;/h2-20H,1H3,(H-,30,31,32,34);1H/p+1. The number of benzene rings is 4. The molecule has 0 saturated heterocycles. The zero-order chi connectivity index (χ0) is 23.5. The highest BCUT2D eigenvalue weighted by molar-refractivity contribution is 8.02. The summed E-state index contributed by atoms with van der Waals surface area (Å²) in [5.41, 5.74) is 1.84. The molecule has 0 fully saturated rings. The molecule has 6 heteroatoms. The molecule has 1 heterocycles. The van der Waals surface area contributed by atoms with Gasteiger partial charge in [-0.1, -0.05) is 84.4 Å². The average molecular weight is 516 g/mol. The number of aryl methyl sites for hydroxylation is 1. The second-order valence-corrected chi connectivity index (χ2v) is 11.9. The number of rotatable bonds is 5. The van der Waals surface area contributed by atoms with Crippen molar-refractivity contribution in [1.29, 1.82) is 0 Å². The molecule has 0 atom stereocenters. The topological polar surface area (TPSA) is 45.8 Å². The molecule has 0 spiro atoms. The molecular formula is C29H25ClN2OPS+. The van der Waals surface area contributed by atoms with Crippen LogP contribution in [0.25, 0.3) is 11.4 Å². The lowest BCUT2D eigenvalue weighted by atomic mass is 10.1. The maximum atomic E-state index is 14.0. The maximum Gasteiger partial charge on any atom is 0.296 e. The van der Waals surface area contributed by atoms with E-state index >= 15 is 0 Å². The second kappa shape index (κ2) is 10.6. The highest BCUT2D eigenvalue weighted by Gasteiger charge is 2.51. The van der Waals surface area contributed by atoms with Crippen LogP contribution in [0.1, 0.15) is 5.56 Å². The van der Waals surface area contributed by atoms with E-state index < -0.39 is 7.26 Å². The van der Waals surface area contributed by atoms with Crippen molar-refractivity contribution in [2.24, 2.45) is 0 Å². The van der Waals surface area contributed by atoms with Crippen molar-refractivity contribution >= 4 is 53.5 Å². The van der Waals surface area contributed by atoms with Crippen molar-refractivity contribution < 1.29 is 0 Å². The number of aromatic nitrogens is 2. The predicted molar refractivity (Wildman–Crippen MR) is 154 cm³/mol. The van der Waals surface area contributed by atoms with Crippen molar-refractivity contribution in [3.05, 3.63) is 131 Å². The first kappa shape index (κ1) is 24.9. The SMILES string of the molecule is Cc1ccc(-c2nc(S)c([P+](c3ccccc3)(c3ccccc3)c3ccccc3)c(=O)[nH]2)cc1.Cl. The van der Waals surface area contributed by atoms with Gasteiger partial charge in [0.2, 0.25) is 5.30 Å². The van der Waals surface area contributed by atoms with Crippen LogP contribution in [-0.4, -0.2) is 9.97 Å². The van der Waals surface area contributed by atoms with E-state index in [4.69, 9.17) is 17.6 Å². The van der Waals surface area contributed by atoms with Crippen LogP contribution in [-0.2, 0) is 0 Å². The number of nitrogens with one attached hydrogen (secondary N) is 1. The van der Waals surface area contributed by atoms with Gasteiger partial charge in [-0.15, -0.1) is 25.0 Å². The third-order valence-corrected chi connectivity index (χ3v) is 10.8. The Kier molecular flexibility index (Phi) is 7.57. The smallest absolute Gasteiger partial charge is 0.296 e. The largest absolute Gasteiger partial charge is 0.303 e. The Hall–Kier alpha value is -3.17. The van der Waals surface area contributed by atoms with Gasteiger partial charge in [0, 0.05) is 5.56 Å². The van der Waals surface area contributed by atoms with Crippen molar-refractivity contribution in [2.45, 2.75) is 11.9 Å². The first-order chi connectivity index (χ1) is 16.6. The fourth-order valence-electron chi connectivity index (χ4n) is 4.39. The van der Waals surface area contributed by atoms with Crippen molar-refractivity contribution in [1.82, 2.24) is 9.97 Å². The van der Waals surface area contributed by atoms with Crippen LogP contribution in [0.4, 0.5) is 0 Å². The summed E-state index contributed by atoms with van der Waals surface area (Å²) >= 11 is 4.85. The zero-order valence-electron chi connectivity index (χ0n) is 19.1. The van der Waals surface area contributed by atoms with Gasteiger partial charge in [0.05, 0.1) is 0 Å². The van der Waals surface area contributed by atoms with Crippen molar-refractivity contribution in [3.63, 3.8) is 0 Å². The van der Waals surface area contributed by atoms with Gasteiger partial charge in [-0.05, 0) is 43.3 Å². The van der Waals surface area contributed by atoms with Crippen LogP contribution in [0.2, 0.25) is 0 Å². The summed E-state index contributed by atoms with van der Waals surface area (Å²) in [6.45, 7) is 2.03. The Labute approximate surface area is 217 Å². The molecule has 0 saturated carbocycles. The minimum absolute atomic E-state index is 0. The van der Waals surface area contributed by atoms with Crippen LogP contribution in [0.3, 0.4) is 0 Å². The first-order valence-corrected chi connectivity index (χ1v) is 13.3. The minimum Gasteiger partial charge on any atom is -0.303 e. The van der Waals surface area contributed by atoms with Gasteiger partial charge in [-0.3, -0.25) is 4.79 Å². The summed E-state index contributed by atoms with van der Waals surface area (Å²) in [5.74, 6) is 0.519. The van der Waals surface area contributed by atoms with E-state index in [1.54, 1.807) is 0 Å². The summed E-state index contributed by atoms with van der Waals surface area (Å²) in [6.07, 6.45) is 0. The summed E-state index contributed by atoms with van der Waals surface area (Å²) < 4.78 is 0. The monoisotopic (exact) mass is 515 g/mol. The molecule has 174 valence electrons. The highest BCUT2D eigenvalue weighted by Crippen LogP contribution is 2.54. The van der Waals surface area contributed by atoms with Crippen LogP contribution < -0.4 is 26.8 Å². The lowest BCUT2D eigenvalue weighted by Crippen LogP contribution is -2.46. The number of aromatic amines is 1. The summed E-state index contributed by atoms with van der Waals surface area (Å²) in [7, 11) is -2.58. The molecule has 1 aromatic heterocycles. The summed E-state index contributed by atoms with van der Waals surface area (Å²) in [5, 5.41) is 4.30. The zero-order valence-corrected chi connectivity index (χ0v) is 21.7. The Morgan fingerprint density at radius 1 is 0.686 bits per heavy atom. The minimum atomic E-state index is -2.58. The third kappa shape index (κ3) is 4.58. The van der Waals surface area contributed by atoms with E-state index in [2.05, 4.69) is 41.4 Å². The molecule has 4 aromatic carbocycles. The number of thiol groups is 1. The molecule has 5 rings (SSSR count). The summed E-state index contributed by atoms with van der Waals surface area (Å²) in [6, 6.07) is 38.7. The molecule has 0 unspecified atom stereocenters. The molecule has 3 nitrogen and oxygen atoms in total. The van der Waals surface area contributed by atoms with Crippen LogP contribution in [0, 0.1) is 6.92 Å². The molecule has 0 radical (unpaired) electrons. The summed E-state index contributed by atoms with van der Waals surface area (Å²) in [4.78, 5) is 21.8. The van der Waals surface area contributed by atoms with E-state index in [1.165, 1.54) is 0 Å². The van der Waals surface area contributed by atoms with E-state index in [1.807, 2.05) is 85.8 Å². The molecule has 35 heavy (non-hydrogen) atoms. The van der Waals surface area contributed by atoms with Crippen molar-refractivity contribution in [3.8, 4) is 11.4 Å². The fourth-order valence-corrected chi connectivity index (χ4v) is 9.28. The van der Waals surface area contributed by atoms with Gasteiger partial charge >= 0.3 is 0 Å².